The second-order valence-electron chi connectivity index (χ2n) is 19.9. The zero-order chi connectivity index (χ0) is 68.4. The molecule has 3 aromatic carbocycles. The summed E-state index contributed by atoms with van der Waals surface area (Å²) in [6.45, 7) is 10.2. The lowest BCUT2D eigenvalue weighted by Crippen LogP contribution is -2.42. The Morgan fingerprint density at radius 1 is 0.484 bits per heavy atom. The number of halogens is 3. The third kappa shape index (κ3) is 24.2. The molecular formula is C59H59Br3N20O11. The minimum Gasteiger partial charge on any atom is -0.476 e. The van der Waals surface area contributed by atoms with Gasteiger partial charge >= 0.3 is 24.1 Å². The molecule has 0 aliphatic carbocycles. The number of carboxylic acids is 1. The molecule has 0 spiro atoms. The molecule has 6 heterocycles. The molecular weight excluding hydrogens is 1400 g/mol. The zero-order valence-corrected chi connectivity index (χ0v) is 55.0. The number of carbonyl (C=O) groups is 7. The molecule has 31 nitrogen and oxygen atoms in total. The van der Waals surface area contributed by atoms with E-state index < -0.39 is 47.1 Å². The average Bonchev–Trinajstić information content (AvgIpc) is 0.857. The Bertz CT molecular complexity index is 4050. The van der Waals surface area contributed by atoms with E-state index >= 15 is 0 Å². The van der Waals surface area contributed by atoms with Crippen molar-refractivity contribution in [3.63, 3.8) is 0 Å². The van der Waals surface area contributed by atoms with Crippen LogP contribution in [0.5, 0.6) is 0 Å². The Labute approximate surface area is 555 Å². The number of rotatable bonds is 11. The van der Waals surface area contributed by atoms with Crippen LogP contribution in [0.3, 0.4) is 0 Å². The number of pyridine rings is 1. The van der Waals surface area contributed by atoms with Crippen molar-refractivity contribution in [1.29, 1.82) is 0 Å². The van der Waals surface area contributed by atoms with Gasteiger partial charge in [0.25, 0.3) is 17.7 Å². The zero-order valence-electron chi connectivity index (χ0n) is 50.3. The molecule has 93 heavy (non-hydrogen) atoms. The van der Waals surface area contributed by atoms with Crippen molar-refractivity contribution in [3.8, 4) is 0 Å². The van der Waals surface area contributed by atoms with Crippen molar-refractivity contribution in [3.05, 3.63) is 195 Å². The Kier molecular flexibility index (Phi) is 27.0. The number of carboxylic acid groups (broad SMARTS) is 1. The number of hydrogen-bond donors (Lipinski definition) is 9. The lowest BCUT2D eigenvalue weighted by Gasteiger charge is -2.26. The van der Waals surface area contributed by atoms with E-state index in [4.69, 9.17) is 37.5 Å². The smallest absolute Gasteiger partial charge is 0.422 e. The number of amides is 5. The van der Waals surface area contributed by atoms with Crippen LogP contribution < -0.4 is 49.1 Å². The van der Waals surface area contributed by atoms with Crippen LogP contribution in [0, 0.1) is 0 Å². The summed E-state index contributed by atoms with van der Waals surface area (Å²) >= 11 is 9.28. The van der Waals surface area contributed by atoms with E-state index in [0.29, 0.717) is 26.4 Å². The summed E-state index contributed by atoms with van der Waals surface area (Å²) in [7, 11) is 1.26. The molecule has 13 N–H and O–H groups in total. The number of imide groups is 1. The second kappa shape index (κ2) is 34.6. The number of esters is 1. The van der Waals surface area contributed by atoms with Crippen molar-refractivity contribution in [2.45, 2.75) is 52.7 Å². The summed E-state index contributed by atoms with van der Waals surface area (Å²) < 4.78 is 16.1. The number of aromatic nitrogens is 11. The SMILES string of the molecule is CC(C)(C)OC(=O)Nc1ncc(Br)nc1C(=O)N(C(=O)OC(C)(C)C)c1ccccc1.COC(=O)c1nccnc1N.Nc1ncc(Br)nc1C(=O)Nc1ccccc1.Nc1ncc(Br)nc1C(=O)O.Nc1ncc(Nc2cccnc2)nc1C(=O)Nc1ccccc1. The number of nitrogens with zero attached hydrogens (tertiary/aromatic N) is 12. The predicted octanol–water partition coefficient (Wildman–Crippen LogP) is 10.1. The van der Waals surface area contributed by atoms with Crippen molar-refractivity contribution >= 4 is 147 Å². The summed E-state index contributed by atoms with van der Waals surface area (Å²) in [6.07, 6.45) is 9.92. The number of methoxy groups -OCH3 is 1. The summed E-state index contributed by atoms with van der Waals surface area (Å²) in [5.41, 5.74) is 22.3. The summed E-state index contributed by atoms with van der Waals surface area (Å²) in [4.78, 5) is 128. The van der Waals surface area contributed by atoms with Crippen LogP contribution in [-0.4, -0.2) is 120 Å². The van der Waals surface area contributed by atoms with Crippen molar-refractivity contribution in [2.24, 2.45) is 0 Å². The van der Waals surface area contributed by atoms with Crippen molar-refractivity contribution in [2.75, 3.05) is 56.2 Å². The highest BCUT2D eigenvalue weighted by atomic mass is 79.9. The highest BCUT2D eigenvalue weighted by molar-refractivity contribution is 9.11. The standard InChI is InChI=1S/C21H25BrN4O5.C16H14N6O.C11H9BrN4O.C6H7N3O2.C5H4BrN3O2/c1-20(2,3)30-18(28)25-16-15(24-14(22)12-23-16)17(27)26(13-10-8-7-9-11-13)19(29)31-21(4,5)6;17-15-14(16(23)21-11-5-2-1-3-6-11)22-13(10-19-15)20-12-7-4-8-18-9-12;12-8-6-14-10(13)9(16-8)11(17)15-7-4-2-1-3-5-7;1-11-6(10)4-5(7)9-3-2-8-4;6-2-1-8-4(7)3(9-2)5(10)11/h7-12H,1-6H3,(H,23,25,28);1-10H,(H2,17,19)(H,20,22)(H,21,23);1-6H,(H2,13,14)(H,15,17);2-3H,1H3,(H2,7,9);1H,(H2,7,8)(H,10,11). The maximum Gasteiger partial charge on any atom is 0.422 e. The first-order valence-electron chi connectivity index (χ1n) is 26.6. The minimum absolute atomic E-state index is 0.0509. The molecule has 0 saturated heterocycles. The quantitative estimate of drug-likeness (QED) is 0.0429. The van der Waals surface area contributed by atoms with Gasteiger partial charge in [0.2, 0.25) is 0 Å². The highest BCUT2D eigenvalue weighted by Crippen LogP contribution is 2.25. The van der Waals surface area contributed by atoms with Crippen molar-refractivity contribution in [1.82, 2.24) is 54.8 Å². The van der Waals surface area contributed by atoms with Gasteiger partial charge in [0.15, 0.2) is 57.6 Å². The molecule has 0 aliphatic heterocycles. The number of aromatic carboxylic acids is 1. The first kappa shape index (κ1) is 72.5. The Morgan fingerprint density at radius 3 is 1.42 bits per heavy atom. The van der Waals surface area contributed by atoms with E-state index in [1.165, 1.54) is 44.3 Å². The van der Waals surface area contributed by atoms with Gasteiger partial charge in [-0.1, -0.05) is 54.6 Å². The van der Waals surface area contributed by atoms with E-state index in [0.717, 1.165) is 10.6 Å². The number of benzene rings is 3. The fourth-order valence-corrected chi connectivity index (χ4v) is 7.46. The van der Waals surface area contributed by atoms with E-state index in [1.807, 2.05) is 42.5 Å². The van der Waals surface area contributed by atoms with Crippen LogP contribution in [0.4, 0.5) is 67.2 Å². The largest absolute Gasteiger partial charge is 0.476 e. The van der Waals surface area contributed by atoms with Crippen LogP contribution in [-0.2, 0) is 14.2 Å². The van der Waals surface area contributed by atoms with Gasteiger partial charge < -0.3 is 58.2 Å². The normalized spacial score (nSPS) is 10.3. The van der Waals surface area contributed by atoms with Crippen molar-refractivity contribution < 1.29 is 52.9 Å². The predicted molar refractivity (Wildman–Crippen MR) is 355 cm³/mol. The lowest BCUT2D eigenvalue weighted by molar-refractivity contribution is 0.0558. The van der Waals surface area contributed by atoms with Gasteiger partial charge in [-0.3, -0.25) is 24.7 Å². The fourth-order valence-electron chi connectivity index (χ4n) is 6.62. The highest BCUT2D eigenvalue weighted by Gasteiger charge is 2.33. The maximum absolute atomic E-state index is 13.4. The number of nitrogens with two attached hydrogens (primary N) is 4. The van der Waals surface area contributed by atoms with Crippen LogP contribution >= 0.6 is 47.8 Å². The van der Waals surface area contributed by atoms with E-state index in [2.05, 4.69) is 129 Å². The molecule has 0 unspecified atom stereocenters. The molecule has 0 fully saturated rings. The molecule has 5 amide bonds. The molecule has 0 saturated carbocycles. The third-order valence-corrected chi connectivity index (χ3v) is 11.6. The number of ether oxygens (including phenoxy) is 3. The van der Waals surface area contributed by atoms with E-state index in [9.17, 15) is 33.6 Å². The van der Waals surface area contributed by atoms with Gasteiger partial charge in [-0.25, -0.2) is 73.9 Å². The van der Waals surface area contributed by atoms with Gasteiger partial charge in [-0.15, -0.1) is 0 Å². The molecule has 0 radical (unpaired) electrons. The van der Waals surface area contributed by atoms with Crippen LogP contribution in [0.1, 0.15) is 94.0 Å². The number of nitrogen functional groups attached to an aromatic ring is 4. The second-order valence-corrected chi connectivity index (χ2v) is 22.3. The minimum atomic E-state index is -1.18. The molecule has 6 aromatic heterocycles. The summed E-state index contributed by atoms with van der Waals surface area (Å²) in [5.74, 6) is -2.99. The first-order valence-corrected chi connectivity index (χ1v) is 29.0. The van der Waals surface area contributed by atoms with Gasteiger partial charge in [-0.2, -0.15) is 0 Å². The van der Waals surface area contributed by atoms with Gasteiger partial charge in [-0.05, 0) is 138 Å². The van der Waals surface area contributed by atoms with E-state index in [1.54, 1.807) is 115 Å². The number of anilines is 10. The molecule has 34 heteroatoms. The summed E-state index contributed by atoms with van der Waals surface area (Å²) in [6, 6.07) is 30.0. The monoisotopic (exact) mass is 1460 g/mol. The molecule has 0 aliphatic rings. The third-order valence-electron chi connectivity index (χ3n) is 10.4. The Hall–Kier alpha value is -11.3. The maximum atomic E-state index is 13.4. The molecule has 9 aromatic rings. The molecule has 9 rings (SSSR count). The lowest BCUT2D eigenvalue weighted by atomic mass is 10.2. The van der Waals surface area contributed by atoms with Crippen LogP contribution in [0.15, 0.2) is 167 Å². The first-order chi connectivity index (χ1) is 44.0. The topological polar surface area (TPSA) is 465 Å². The Morgan fingerprint density at radius 2 is 0.935 bits per heavy atom. The fraction of sp³-hybridized carbons (Fsp3) is 0.153. The van der Waals surface area contributed by atoms with Crippen LogP contribution in [0.2, 0.25) is 0 Å². The number of nitrogens with one attached hydrogen (secondary N) is 4. The summed E-state index contributed by atoms with van der Waals surface area (Å²) in [5, 5.41) is 19.3. The average molecular weight is 1460 g/mol. The van der Waals surface area contributed by atoms with Gasteiger partial charge in [0, 0.05) is 30.0 Å². The Balaban J connectivity index is 0.000000223. The molecule has 0 atom stereocenters. The number of carbonyl (C=O) groups excluding carboxylic acids is 6. The van der Waals surface area contributed by atoms with E-state index in [-0.39, 0.29) is 73.8 Å². The molecule has 0 bridgehead atoms. The molecule has 482 valence electrons. The van der Waals surface area contributed by atoms with Crippen LogP contribution in [0.25, 0.3) is 0 Å². The van der Waals surface area contributed by atoms with Gasteiger partial charge in [0.05, 0.1) is 49.5 Å². The number of para-hydroxylation sites is 3. The number of hydrogen-bond acceptors (Lipinski definition) is 26. The van der Waals surface area contributed by atoms with Gasteiger partial charge in [0.1, 0.15) is 30.8 Å².